The van der Waals surface area contributed by atoms with Crippen LogP contribution in [0.25, 0.3) is 0 Å². The van der Waals surface area contributed by atoms with E-state index in [0.717, 1.165) is 6.42 Å². The maximum Gasteiger partial charge on any atom is -0.0203 e. The summed E-state index contributed by atoms with van der Waals surface area (Å²) in [6, 6.07) is 0. The standard InChI is InChI=1S/C13H16/c1-2-4-6-8-10-12-13-11-9-7-5-3-1/h1-7,11H,8,10,12-13H2/b2-1+,5-3-,6-4+. The van der Waals surface area contributed by atoms with Gasteiger partial charge in [-0.15, -0.1) is 5.73 Å². The van der Waals surface area contributed by atoms with E-state index in [-0.39, 0.29) is 0 Å². The fourth-order valence-corrected chi connectivity index (χ4v) is 1.14. The van der Waals surface area contributed by atoms with Crippen molar-refractivity contribution in [1.29, 1.82) is 0 Å². The van der Waals surface area contributed by atoms with E-state index < -0.39 is 0 Å². The van der Waals surface area contributed by atoms with Crippen LogP contribution < -0.4 is 0 Å². The lowest BCUT2D eigenvalue weighted by molar-refractivity contribution is 0.762. The monoisotopic (exact) mass is 172 g/mol. The molecule has 0 aromatic carbocycles. The minimum absolute atomic E-state index is 1.14. The summed E-state index contributed by atoms with van der Waals surface area (Å²) in [5.41, 5.74) is 3.13. The van der Waals surface area contributed by atoms with E-state index in [1.807, 2.05) is 24.3 Å². The van der Waals surface area contributed by atoms with E-state index in [2.05, 4.69) is 30.0 Å². The minimum Gasteiger partial charge on any atom is -0.125 e. The summed E-state index contributed by atoms with van der Waals surface area (Å²) in [6.07, 6.45) is 21.4. The Hall–Kier alpha value is -1.26. The zero-order valence-electron chi connectivity index (χ0n) is 7.95. The maximum atomic E-state index is 3.13. The highest BCUT2D eigenvalue weighted by atomic mass is 13.9. The third-order valence-electron chi connectivity index (χ3n) is 1.86. The molecule has 68 valence electrons. The van der Waals surface area contributed by atoms with Crippen LogP contribution in [0.5, 0.6) is 0 Å². The van der Waals surface area contributed by atoms with Crippen LogP contribution in [0.1, 0.15) is 25.7 Å². The van der Waals surface area contributed by atoms with Crippen molar-refractivity contribution in [2.45, 2.75) is 25.7 Å². The first-order valence-electron chi connectivity index (χ1n) is 4.89. The molecule has 0 N–H and O–H groups in total. The van der Waals surface area contributed by atoms with Gasteiger partial charge < -0.3 is 0 Å². The lowest BCUT2D eigenvalue weighted by Crippen LogP contribution is -1.70. The zero-order chi connectivity index (χ0) is 9.19. The highest BCUT2D eigenvalue weighted by molar-refractivity contribution is 5.15. The zero-order valence-corrected chi connectivity index (χ0v) is 7.95. The van der Waals surface area contributed by atoms with Gasteiger partial charge in [-0.3, -0.25) is 0 Å². The largest absolute Gasteiger partial charge is 0.125 e. The van der Waals surface area contributed by atoms with E-state index in [0.29, 0.717) is 0 Å². The summed E-state index contributed by atoms with van der Waals surface area (Å²) >= 11 is 0. The van der Waals surface area contributed by atoms with Gasteiger partial charge in [0.05, 0.1) is 0 Å². The van der Waals surface area contributed by atoms with Crippen molar-refractivity contribution in [3.8, 4) is 0 Å². The summed E-state index contributed by atoms with van der Waals surface area (Å²) in [5.74, 6) is 0. The molecule has 0 heterocycles. The molecule has 0 aliphatic heterocycles. The Kier molecular flexibility index (Phi) is 5.59. The van der Waals surface area contributed by atoms with Crippen molar-refractivity contribution in [3.63, 3.8) is 0 Å². The predicted octanol–water partition coefficient (Wildman–Crippen LogP) is 3.94. The van der Waals surface area contributed by atoms with Crippen LogP contribution in [0.15, 0.2) is 54.3 Å². The van der Waals surface area contributed by atoms with Gasteiger partial charge in [0.2, 0.25) is 0 Å². The van der Waals surface area contributed by atoms with Crippen LogP contribution in [0.4, 0.5) is 0 Å². The molecule has 0 saturated carbocycles. The number of rotatable bonds is 0. The second-order valence-corrected chi connectivity index (χ2v) is 3.02. The Morgan fingerprint density at radius 2 is 1.54 bits per heavy atom. The Morgan fingerprint density at radius 1 is 0.769 bits per heavy atom. The van der Waals surface area contributed by atoms with Gasteiger partial charge in [0, 0.05) is 0 Å². The highest BCUT2D eigenvalue weighted by Crippen LogP contribution is 2.01. The molecule has 13 heavy (non-hydrogen) atoms. The first-order valence-corrected chi connectivity index (χ1v) is 4.89. The van der Waals surface area contributed by atoms with Crippen LogP contribution in [0.3, 0.4) is 0 Å². The van der Waals surface area contributed by atoms with Gasteiger partial charge in [0.1, 0.15) is 0 Å². The van der Waals surface area contributed by atoms with Crippen LogP contribution in [0.2, 0.25) is 0 Å². The molecular weight excluding hydrogens is 156 g/mol. The van der Waals surface area contributed by atoms with Crippen molar-refractivity contribution in [1.82, 2.24) is 0 Å². The molecule has 1 aliphatic carbocycles. The Bertz CT molecular complexity index is 258. The van der Waals surface area contributed by atoms with Gasteiger partial charge in [0.15, 0.2) is 0 Å². The average molecular weight is 172 g/mol. The summed E-state index contributed by atoms with van der Waals surface area (Å²) in [5, 5.41) is 0. The normalized spacial score (nSPS) is 25.2. The molecule has 1 rings (SSSR count). The smallest absolute Gasteiger partial charge is 0.0203 e. The third kappa shape index (κ3) is 5.95. The summed E-state index contributed by atoms with van der Waals surface area (Å²) in [6.45, 7) is 0. The van der Waals surface area contributed by atoms with Gasteiger partial charge in [-0.25, -0.2) is 0 Å². The van der Waals surface area contributed by atoms with E-state index in [9.17, 15) is 0 Å². The van der Waals surface area contributed by atoms with Crippen LogP contribution >= 0.6 is 0 Å². The predicted molar refractivity (Wildman–Crippen MR) is 58.5 cm³/mol. The average Bonchev–Trinajstić information content (AvgIpc) is 2.18. The van der Waals surface area contributed by atoms with Gasteiger partial charge in [-0.05, 0) is 37.8 Å². The molecular formula is C13H16. The van der Waals surface area contributed by atoms with Crippen LogP contribution in [-0.4, -0.2) is 0 Å². The fourth-order valence-electron chi connectivity index (χ4n) is 1.14. The van der Waals surface area contributed by atoms with E-state index in [4.69, 9.17) is 0 Å². The lowest BCUT2D eigenvalue weighted by Gasteiger charge is -1.90. The van der Waals surface area contributed by atoms with Crippen molar-refractivity contribution >= 4 is 0 Å². The van der Waals surface area contributed by atoms with Crippen molar-refractivity contribution in [2.24, 2.45) is 0 Å². The quantitative estimate of drug-likeness (QED) is 0.485. The molecule has 0 nitrogen and oxygen atoms in total. The molecule has 0 radical (unpaired) electrons. The van der Waals surface area contributed by atoms with E-state index in [1.54, 1.807) is 0 Å². The van der Waals surface area contributed by atoms with Crippen molar-refractivity contribution in [3.05, 3.63) is 54.3 Å². The van der Waals surface area contributed by atoms with E-state index >= 15 is 0 Å². The molecule has 0 bridgehead atoms. The van der Waals surface area contributed by atoms with Gasteiger partial charge in [0.25, 0.3) is 0 Å². The first kappa shape index (κ1) is 9.83. The van der Waals surface area contributed by atoms with Gasteiger partial charge in [-0.2, -0.15) is 0 Å². The van der Waals surface area contributed by atoms with Crippen LogP contribution in [0, 0.1) is 0 Å². The number of hydrogen-bond donors (Lipinski definition) is 0. The molecule has 0 saturated heterocycles. The molecule has 0 fully saturated rings. The summed E-state index contributed by atoms with van der Waals surface area (Å²) in [7, 11) is 0. The van der Waals surface area contributed by atoms with Gasteiger partial charge in [-0.1, -0.05) is 36.5 Å². The molecule has 1 aliphatic rings. The molecule has 0 aromatic rings. The second-order valence-electron chi connectivity index (χ2n) is 3.02. The molecule has 0 heteroatoms. The molecule has 0 amide bonds. The SMILES string of the molecule is C1=C\C=C/C=C/C=C/CCCCC=1. The highest BCUT2D eigenvalue weighted by Gasteiger charge is 1.82. The summed E-state index contributed by atoms with van der Waals surface area (Å²) in [4.78, 5) is 0. The topological polar surface area (TPSA) is 0 Å². The Labute approximate surface area is 80.7 Å². The van der Waals surface area contributed by atoms with Crippen molar-refractivity contribution < 1.29 is 0 Å². The van der Waals surface area contributed by atoms with Gasteiger partial charge >= 0.3 is 0 Å². The van der Waals surface area contributed by atoms with Crippen molar-refractivity contribution in [2.75, 3.05) is 0 Å². The molecule has 0 aromatic heterocycles. The maximum absolute atomic E-state index is 3.13. The van der Waals surface area contributed by atoms with Crippen LogP contribution in [-0.2, 0) is 0 Å². The summed E-state index contributed by atoms with van der Waals surface area (Å²) < 4.78 is 0. The van der Waals surface area contributed by atoms with E-state index in [1.165, 1.54) is 19.3 Å². The Balaban J connectivity index is 2.51. The first-order chi connectivity index (χ1) is 6.50. The second kappa shape index (κ2) is 7.39. The molecule has 0 unspecified atom stereocenters. The molecule has 0 spiro atoms. The fraction of sp³-hybridized carbons (Fsp3) is 0.308. The number of hydrogen-bond acceptors (Lipinski definition) is 0. The minimum atomic E-state index is 1.14. The lowest BCUT2D eigenvalue weighted by atomic mass is 10.2. The third-order valence-corrected chi connectivity index (χ3v) is 1.86. The Morgan fingerprint density at radius 3 is 2.54 bits per heavy atom. The number of allylic oxidation sites excluding steroid dienone is 7. The molecule has 0 atom stereocenters.